The number of nitrogen functional groups attached to an aromatic ring is 1. The number of aromatic nitrogens is 2. The molecular weight excluding hydrogens is 423 g/mol. The van der Waals surface area contributed by atoms with E-state index in [-0.39, 0.29) is 28.2 Å². The van der Waals surface area contributed by atoms with Crippen molar-refractivity contribution in [1.29, 1.82) is 0 Å². The first-order valence-electron chi connectivity index (χ1n) is 10.3. The van der Waals surface area contributed by atoms with Gasteiger partial charge >= 0.3 is 6.03 Å². The summed E-state index contributed by atoms with van der Waals surface area (Å²) in [5, 5.41) is 9.93. The number of hydrogen-bond acceptors (Lipinski definition) is 4. The van der Waals surface area contributed by atoms with Crippen LogP contribution in [-0.4, -0.2) is 46.8 Å². The van der Waals surface area contributed by atoms with Gasteiger partial charge in [0.15, 0.2) is 0 Å². The molecule has 10 heteroatoms. The summed E-state index contributed by atoms with van der Waals surface area (Å²) in [7, 11) is 3.35. The van der Waals surface area contributed by atoms with Crippen molar-refractivity contribution in [1.82, 2.24) is 20.0 Å². The number of nitrogens with two attached hydrogens (primary N) is 1. The molecular formula is C21H26ClFN6O2. The summed E-state index contributed by atoms with van der Waals surface area (Å²) in [5.41, 5.74) is 7.63. The standard InChI is InChI=1S/C21H26ClFN6O2/c1-25-20(31)29-8-7-21(11-29)6-5-12(10-21)17-16(18(24)28(2)27-17)19(30)26-13-3-4-15(23)14(22)9-13/h3-4,9,12H,5-8,10-11,24H2,1-2H3,(H,25,31)(H,26,30)/t12-,21-/m0/s1. The van der Waals surface area contributed by atoms with Crippen LogP contribution in [0, 0.1) is 11.2 Å². The van der Waals surface area contributed by atoms with Crippen molar-refractivity contribution in [2.45, 2.75) is 31.6 Å². The number of nitrogens with zero attached hydrogens (tertiary/aromatic N) is 3. The Morgan fingerprint density at radius 1 is 1.35 bits per heavy atom. The molecule has 166 valence electrons. The summed E-state index contributed by atoms with van der Waals surface area (Å²) in [5.74, 6) is -0.603. The fourth-order valence-electron chi connectivity index (χ4n) is 4.92. The van der Waals surface area contributed by atoms with Gasteiger partial charge in [0.05, 0.1) is 10.7 Å². The first-order chi connectivity index (χ1) is 14.7. The minimum Gasteiger partial charge on any atom is -0.383 e. The van der Waals surface area contributed by atoms with E-state index in [2.05, 4.69) is 15.7 Å². The van der Waals surface area contributed by atoms with Crippen molar-refractivity contribution >= 4 is 35.0 Å². The SMILES string of the molecule is CNC(=O)N1CC[C@]2(CC[C@H](c3nn(C)c(N)c3C(=O)Nc3ccc(F)c(Cl)c3)C2)C1. The number of carbonyl (C=O) groups excluding carboxylic acids is 2. The van der Waals surface area contributed by atoms with Crippen molar-refractivity contribution < 1.29 is 14.0 Å². The van der Waals surface area contributed by atoms with Crippen LogP contribution in [-0.2, 0) is 7.05 Å². The monoisotopic (exact) mass is 448 g/mol. The molecule has 1 aliphatic carbocycles. The second kappa shape index (κ2) is 8.03. The molecule has 8 nitrogen and oxygen atoms in total. The number of anilines is 2. The molecule has 1 saturated carbocycles. The van der Waals surface area contributed by atoms with E-state index in [0.717, 1.165) is 32.2 Å². The third kappa shape index (κ3) is 3.94. The Hall–Kier alpha value is -2.81. The molecule has 3 amide bonds. The Morgan fingerprint density at radius 2 is 2.13 bits per heavy atom. The van der Waals surface area contributed by atoms with Crippen LogP contribution in [0.4, 0.5) is 20.7 Å². The summed E-state index contributed by atoms with van der Waals surface area (Å²) >= 11 is 5.83. The lowest BCUT2D eigenvalue weighted by atomic mass is 9.84. The quantitative estimate of drug-likeness (QED) is 0.669. The van der Waals surface area contributed by atoms with Crippen molar-refractivity contribution in [2.24, 2.45) is 12.5 Å². The molecule has 2 aliphatic rings. The minimum absolute atomic E-state index is 0.0433. The molecule has 31 heavy (non-hydrogen) atoms. The Morgan fingerprint density at radius 3 is 2.84 bits per heavy atom. The number of likely N-dealkylation sites (tertiary alicyclic amines) is 1. The zero-order valence-electron chi connectivity index (χ0n) is 17.5. The number of rotatable bonds is 3. The van der Waals surface area contributed by atoms with Gasteiger partial charge in [0.25, 0.3) is 5.91 Å². The second-order valence-corrected chi connectivity index (χ2v) is 8.93. The fraction of sp³-hybridized carbons (Fsp3) is 0.476. The zero-order valence-corrected chi connectivity index (χ0v) is 18.3. The van der Waals surface area contributed by atoms with Crippen molar-refractivity contribution in [3.63, 3.8) is 0 Å². The molecule has 1 saturated heterocycles. The predicted octanol–water partition coefficient (Wildman–Crippen LogP) is 3.35. The summed E-state index contributed by atoms with van der Waals surface area (Å²) in [6.07, 6.45) is 3.63. The topological polar surface area (TPSA) is 105 Å². The number of halogens is 2. The normalized spacial score (nSPS) is 22.8. The van der Waals surface area contributed by atoms with Crippen LogP contribution in [0.5, 0.6) is 0 Å². The predicted molar refractivity (Wildman–Crippen MR) is 117 cm³/mol. The third-order valence-corrected chi connectivity index (χ3v) is 6.84. The van der Waals surface area contributed by atoms with Gasteiger partial charge in [0.2, 0.25) is 0 Å². The molecule has 2 atom stereocenters. The smallest absolute Gasteiger partial charge is 0.317 e. The van der Waals surface area contributed by atoms with E-state index in [1.807, 2.05) is 4.90 Å². The van der Waals surface area contributed by atoms with Gasteiger partial charge in [-0.25, -0.2) is 9.18 Å². The zero-order chi connectivity index (χ0) is 22.3. The van der Waals surface area contributed by atoms with Crippen LogP contribution >= 0.6 is 11.6 Å². The lowest BCUT2D eigenvalue weighted by molar-refractivity contribution is 0.102. The maximum absolute atomic E-state index is 13.4. The van der Waals surface area contributed by atoms with E-state index in [4.69, 9.17) is 17.3 Å². The molecule has 2 heterocycles. The Bertz CT molecular complexity index is 1040. The number of hydrogen-bond donors (Lipinski definition) is 3. The molecule has 2 fully saturated rings. The molecule has 4 rings (SSSR count). The summed E-state index contributed by atoms with van der Waals surface area (Å²) in [4.78, 5) is 26.9. The van der Waals surface area contributed by atoms with Gasteiger partial charge in [0, 0.05) is 38.8 Å². The molecule has 1 aromatic heterocycles. The van der Waals surface area contributed by atoms with Crippen LogP contribution in [0.3, 0.4) is 0 Å². The van der Waals surface area contributed by atoms with Crippen LogP contribution in [0.25, 0.3) is 0 Å². The highest BCUT2D eigenvalue weighted by atomic mass is 35.5. The average molecular weight is 449 g/mol. The lowest BCUT2D eigenvalue weighted by Crippen LogP contribution is -2.37. The van der Waals surface area contributed by atoms with Gasteiger partial charge in [-0.05, 0) is 49.3 Å². The molecule has 1 aromatic carbocycles. The Balaban J connectivity index is 1.55. The number of urea groups is 1. The summed E-state index contributed by atoms with van der Waals surface area (Å²) in [6.45, 7) is 1.44. The number of aryl methyl sites for hydroxylation is 1. The first kappa shape index (κ1) is 21.4. The molecule has 1 spiro atoms. The summed E-state index contributed by atoms with van der Waals surface area (Å²) < 4.78 is 14.9. The maximum Gasteiger partial charge on any atom is 0.317 e. The van der Waals surface area contributed by atoms with E-state index in [1.165, 1.54) is 22.9 Å². The lowest BCUT2D eigenvalue weighted by Gasteiger charge is -2.24. The van der Waals surface area contributed by atoms with E-state index in [1.54, 1.807) is 14.1 Å². The number of carbonyl (C=O) groups is 2. The molecule has 0 radical (unpaired) electrons. The number of nitrogens with one attached hydrogen (secondary N) is 2. The van der Waals surface area contributed by atoms with Gasteiger partial charge in [-0.2, -0.15) is 5.10 Å². The van der Waals surface area contributed by atoms with Crippen molar-refractivity contribution in [3.8, 4) is 0 Å². The van der Waals surface area contributed by atoms with Gasteiger partial charge in [0.1, 0.15) is 17.2 Å². The van der Waals surface area contributed by atoms with Gasteiger partial charge in [-0.3, -0.25) is 9.48 Å². The van der Waals surface area contributed by atoms with E-state index < -0.39 is 11.7 Å². The Labute approximate surface area is 184 Å². The number of benzene rings is 1. The molecule has 4 N–H and O–H groups in total. The van der Waals surface area contributed by atoms with Crippen LogP contribution in [0.15, 0.2) is 18.2 Å². The van der Waals surface area contributed by atoms with Crippen LogP contribution in [0.2, 0.25) is 5.02 Å². The van der Waals surface area contributed by atoms with Gasteiger partial charge < -0.3 is 21.3 Å². The highest BCUT2D eigenvalue weighted by molar-refractivity contribution is 6.31. The molecule has 0 bridgehead atoms. The second-order valence-electron chi connectivity index (χ2n) is 8.52. The first-order valence-corrected chi connectivity index (χ1v) is 10.7. The van der Waals surface area contributed by atoms with Crippen LogP contribution < -0.4 is 16.4 Å². The molecule has 2 aromatic rings. The summed E-state index contributed by atoms with van der Waals surface area (Å²) in [6, 6.07) is 3.95. The van der Waals surface area contributed by atoms with E-state index in [0.29, 0.717) is 23.5 Å². The highest BCUT2D eigenvalue weighted by Gasteiger charge is 2.47. The minimum atomic E-state index is -0.556. The average Bonchev–Trinajstić information content (AvgIpc) is 3.43. The molecule has 1 aliphatic heterocycles. The van der Waals surface area contributed by atoms with Gasteiger partial charge in [-0.15, -0.1) is 0 Å². The number of amides is 3. The molecule has 0 unspecified atom stereocenters. The highest BCUT2D eigenvalue weighted by Crippen LogP contribution is 2.52. The van der Waals surface area contributed by atoms with E-state index >= 15 is 0 Å². The largest absolute Gasteiger partial charge is 0.383 e. The van der Waals surface area contributed by atoms with Crippen molar-refractivity contribution in [2.75, 3.05) is 31.2 Å². The van der Waals surface area contributed by atoms with E-state index in [9.17, 15) is 14.0 Å². The van der Waals surface area contributed by atoms with Crippen LogP contribution in [0.1, 0.15) is 47.7 Å². The van der Waals surface area contributed by atoms with Crippen molar-refractivity contribution in [3.05, 3.63) is 40.3 Å². The van der Waals surface area contributed by atoms with Gasteiger partial charge in [-0.1, -0.05) is 11.6 Å². The fourth-order valence-corrected chi connectivity index (χ4v) is 5.10. The third-order valence-electron chi connectivity index (χ3n) is 6.55. The maximum atomic E-state index is 13.4. The Kier molecular flexibility index (Phi) is 5.55.